The van der Waals surface area contributed by atoms with Gasteiger partial charge in [-0.1, -0.05) is 11.3 Å². The second-order valence-corrected chi connectivity index (χ2v) is 5.17. The quantitative estimate of drug-likeness (QED) is 0.571. The summed E-state index contributed by atoms with van der Waals surface area (Å²) in [4.78, 5) is 15.6. The van der Waals surface area contributed by atoms with Crippen LogP contribution in [0, 0.1) is 10.1 Å². The second-order valence-electron chi connectivity index (χ2n) is 4.30. The number of nitrogens with one attached hydrogen (secondary N) is 1. The van der Waals surface area contributed by atoms with Crippen LogP contribution in [-0.4, -0.2) is 30.6 Å². The minimum absolute atomic E-state index is 0.0209. The van der Waals surface area contributed by atoms with E-state index >= 15 is 0 Å². The van der Waals surface area contributed by atoms with Crippen molar-refractivity contribution in [3.05, 3.63) is 39.6 Å². The normalized spacial score (nSPS) is 11.1. The van der Waals surface area contributed by atoms with Crippen LogP contribution >= 0.6 is 11.3 Å². The molecule has 3 aromatic heterocycles. The molecule has 0 unspecified atom stereocenters. The summed E-state index contributed by atoms with van der Waals surface area (Å²) in [6.45, 7) is 0.567. The molecule has 0 bridgehead atoms. The molecule has 0 aliphatic heterocycles. The van der Waals surface area contributed by atoms with Crippen molar-refractivity contribution < 1.29 is 4.92 Å². The fourth-order valence-corrected chi connectivity index (χ4v) is 2.70. The van der Waals surface area contributed by atoms with Gasteiger partial charge in [0.25, 0.3) is 4.96 Å². The molecular weight excluding hydrogens is 280 g/mol. The summed E-state index contributed by atoms with van der Waals surface area (Å²) in [6, 6.07) is 0. The van der Waals surface area contributed by atoms with Gasteiger partial charge in [-0.05, 0) is 16.9 Å². The average Bonchev–Trinajstić information content (AvgIpc) is 3.04. The molecule has 0 aliphatic carbocycles. The Balaban J connectivity index is 1.75. The van der Waals surface area contributed by atoms with Crippen LogP contribution < -0.4 is 5.32 Å². The lowest BCUT2D eigenvalue weighted by atomic mass is 10.2. The van der Waals surface area contributed by atoms with Crippen LogP contribution in [0.4, 0.5) is 11.6 Å². The van der Waals surface area contributed by atoms with Crippen LogP contribution in [0.1, 0.15) is 5.56 Å². The number of aryl methyl sites for hydroxylation is 1. The van der Waals surface area contributed by atoms with Crippen LogP contribution in [0.25, 0.3) is 4.96 Å². The molecule has 0 spiro atoms. The molecule has 3 heterocycles. The van der Waals surface area contributed by atoms with E-state index in [0.29, 0.717) is 17.3 Å². The predicted octanol–water partition coefficient (Wildman–Crippen LogP) is 1.69. The third-order valence-electron chi connectivity index (χ3n) is 2.87. The Kier molecular flexibility index (Phi) is 3.11. The highest BCUT2D eigenvalue weighted by molar-refractivity contribution is 7.15. The van der Waals surface area contributed by atoms with Crippen molar-refractivity contribution in [2.75, 3.05) is 11.9 Å². The molecule has 104 valence electrons. The number of hydrogen-bond acceptors (Lipinski definition) is 6. The maximum Gasteiger partial charge on any atom is 0.372 e. The first-order valence-corrected chi connectivity index (χ1v) is 6.84. The monoisotopic (exact) mass is 292 g/mol. The van der Waals surface area contributed by atoms with Gasteiger partial charge in [0.15, 0.2) is 0 Å². The number of hydrogen-bond donors (Lipinski definition) is 1. The second kappa shape index (κ2) is 4.93. The Hall–Kier alpha value is -2.42. The van der Waals surface area contributed by atoms with Crippen molar-refractivity contribution in [3.63, 3.8) is 0 Å². The summed E-state index contributed by atoms with van der Waals surface area (Å²) in [6.07, 6.45) is 6.08. The third kappa shape index (κ3) is 2.23. The molecule has 0 amide bonds. The summed E-state index contributed by atoms with van der Waals surface area (Å²) in [5, 5.41) is 20.0. The van der Waals surface area contributed by atoms with Gasteiger partial charge in [0.1, 0.15) is 6.20 Å². The average molecular weight is 292 g/mol. The van der Waals surface area contributed by atoms with Gasteiger partial charge in [0.2, 0.25) is 5.82 Å². The maximum atomic E-state index is 11.1. The summed E-state index contributed by atoms with van der Waals surface area (Å²) in [7, 11) is 1.85. The predicted molar refractivity (Wildman–Crippen MR) is 75.1 cm³/mol. The standard InChI is InChI=1S/C11H12N6O2S/c1-15-7-8(6-13-15)2-3-12-9-10(17(18)19)16-4-5-20-11(16)14-9/h4-7,12H,2-3H2,1H3. The molecular formula is C11H12N6O2S. The zero-order valence-corrected chi connectivity index (χ0v) is 11.5. The molecule has 1 N–H and O–H groups in total. The van der Waals surface area contributed by atoms with E-state index in [4.69, 9.17) is 0 Å². The molecule has 0 atom stereocenters. The molecule has 3 rings (SSSR count). The van der Waals surface area contributed by atoms with Crippen LogP contribution in [0.3, 0.4) is 0 Å². The zero-order valence-electron chi connectivity index (χ0n) is 10.7. The van der Waals surface area contributed by atoms with E-state index in [-0.39, 0.29) is 5.82 Å². The molecule has 0 fully saturated rings. The highest BCUT2D eigenvalue weighted by Crippen LogP contribution is 2.27. The highest BCUT2D eigenvalue weighted by atomic mass is 32.1. The van der Waals surface area contributed by atoms with Crippen molar-refractivity contribution in [1.82, 2.24) is 19.2 Å². The summed E-state index contributed by atoms with van der Waals surface area (Å²) >= 11 is 1.37. The van der Waals surface area contributed by atoms with Crippen LogP contribution in [0.2, 0.25) is 0 Å². The highest BCUT2D eigenvalue weighted by Gasteiger charge is 2.23. The SMILES string of the molecule is Cn1cc(CCNc2nc3sccn3c2[N+](=O)[O-])cn1. The number of fused-ring (bicyclic) bond motifs is 1. The topological polar surface area (TPSA) is 90.3 Å². The lowest BCUT2D eigenvalue weighted by Gasteiger charge is -2.01. The molecule has 0 radical (unpaired) electrons. The number of imidazole rings is 1. The van der Waals surface area contributed by atoms with Gasteiger partial charge in [0, 0.05) is 25.2 Å². The fourth-order valence-electron chi connectivity index (χ4n) is 1.99. The summed E-state index contributed by atoms with van der Waals surface area (Å²) < 4.78 is 3.21. The Morgan fingerprint density at radius 2 is 2.40 bits per heavy atom. The zero-order chi connectivity index (χ0) is 14.1. The minimum Gasteiger partial charge on any atom is -0.363 e. The number of nitro groups is 1. The number of anilines is 1. The van der Waals surface area contributed by atoms with Gasteiger partial charge in [-0.25, -0.2) is 0 Å². The molecule has 20 heavy (non-hydrogen) atoms. The molecule has 3 aromatic rings. The van der Waals surface area contributed by atoms with Crippen LogP contribution in [-0.2, 0) is 13.5 Å². The van der Waals surface area contributed by atoms with Gasteiger partial charge >= 0.3 is 5.82 Å². The number of aromatic nitrogens is 4. The molecule has 0 aliphatic rings. The number of nitrogens with zero attached hydrogens (tertiary/aromatic N) is 5. The lowest BCUT2D eigenvalue weighted by molar-refractivity contribution is -0.389. The number of thiazole rings is 1. The van der Waals surface area contributed by atoms with Crippen molar-refractivity contribution >= 4 is 27.9 Å². The molecule has 8 nitrogen and oxygen atoms in total. The maximum absolute atomic E-state index is 11.1. The van der Waals surface area contributed by atoms with Gasteiger partial charge in [-0.15, -0.1) is 0 Å². The lowest BCUT2D eigenvalue weighted by Crippen LogP contribution is -2.07. The van der Waals surface area contributed by atoms with Gasteiger partial charge in [-0.3, -0.25) is 4.68 Å². The van der Waals surface area contributed by atoms with Crippen LogP contribution in [0.5, 0.6) is 0 Å². The van der Waals surface area contributed by atoms with E-state index in [1.54, 1.807) is 22.5 Å². The Morgan fingerprint density at radius 1 is 1.55 bits per heavy atom. The van der Waals surface area contributed by atoms with Gasteiger partial charge in [0.05, 0.1) is 6.20 Å². The summed E-state index contributed by atoms with van der Waals surface area (Å²) in [5.74, 6) is 0.290. The van der Waals surface area contributed by atoms with Gasteiger partial charge < -0.3 is 15.4 Å². The Bertz CT molecular complexity index is 758. The molecule has 0 aromatic carbocycles. The molecule has 0 saturated heterocycles. The Morgan fingerprint density at radius 3 is 3.10 bits per heavy atom. The van der Waals surface area contributed by atoms with Crippen molar-refractivity contribution in [2.24, 2.45) is 7.05 Å². The molecule has 0 saturated carbocycles. The molecule has 9 heteroatoms. The van der Waals surface area contributed by atoms with E-state index < -0.39 is 4.92 Å². The first-order chi connectivity index (χ1) is 9.65. The van der Waals surface area contributed by atoms with E-state index in [0.717, 1.165) is 12.0 Å². The third-order valence-corrected chi connectivity index (χ3v) is 3.63. The van der Waals surface area contributed by atoms with E-state index in [1.165, 1.54) is 15.7 Å². The van der Waals surface area contributed by atoms with E-state index in [1.807, 2.05) is 13.2 Å². The van der Waals surface area contributed by atoms with E-state index in [2.05, 4.69) is 15.4 Å². The smallest absolute Gasteiger partial charge is 0.363 e. The fraction of sp³-hybridized carbons (Fsp3) is 0.273. The summed E-state index contributed by atoms with van der Waals surface area (Å²) in [5.41, 5.74) is 1.07. The Labute approximate surface area is 117 Å². The minimum atomic E-state index is -0.418. The van der Waals surface area contributed by atoms with Crippen LogP contribution in [0.15, 0.2) is 24.0 Å². The largest absolute Gasteiger partial charge is 0.372 e. The van der Waals surface area contributed by atoms with Gasteiger partial charge in [-0.2, -0.15) is 14.5 Å². The number of rotatable bonds is 5. The van der Waals surface area contributed by atoms with Crippen molar-refractivity contribution in [2.45, 2.75) is 6.42 Å². The first-order valence-electron chi connectivity index (χ1n) is 5.96. The first kappa shape index (κ1) is 12.6. The van der Waals surface area contributed by atoms with Crippen molar-refractivity contribution in [3.8, 4) is 0 Å². The van der Waals surface area contributed by atoms with E-state index in [9.17, 15) is 10.1 Å². The van der Waals surface area contributed by atoms with Crippen molar-refractivity contribution in [1.29, 1.82) is 0 Å².